The van der Waals surface area contributed by atoms with Crippen molar-refractivity contribution in [2.45, 2.75) is 25.7 Å². The van der Waals surface area contributed by atoms with E-state index in [1.54, 1.807) is 30.3 Å². The lowest BCUT2D eigenvalue weighted by Gasteiger charge is -2.22. The van der Waals surface area contributed by atoms with Crippen molar-refractivity contribution in [3.8, 4) is 6.07 Å². The molecule has 0 aliphatic rings. The summed E-state index contributed by atoms with van der Waals surface area (Å²) in [5.41, 5.74) is 1.29. The summed E-state index contributed by atoms with van der Waals surface area (Å²) < 4.78 is 5.75. The molecule has 0 fully saturated rings. The molecular formula is C18H19Cl2NO2Si. The summed E-state index contributed by atoms with van der Waals surface area (Å²) in [6.07, 6.45) is 0.188. The first-order chi connectivity index (χ1) is 11.3. The molecule has 2 aromatic carbocycles. The van der Waals surface area contributed by atoms with Gasteiger partial charge < -0.3 is 4.43 Å². The molecule has 0 aromatic heterocycles. The van der Waals surface area contributed by atoms with Crippen molar-refractivity contribution in [2.75, 3.05) is 0 Å². The van der Waals surface area contributed by atoms with Crippen LogP contribution >= 0.6 is 23.2 Å². The van der Waals surface area contributed by atoms with E-state index in [1.807, 2.05) is 37.8 Å². The van der Waals surface area contributed by atoms with Crippen LogP contribution in [0.1, 0.15) is 22.0 Å². The van der Waals surface area contributed by atoms with E-state index in [-0.39, 0.29) is 0 Å². The van der Waals surface area contributed by atoms with Gasteiger partial charge in [-0.05, 0) is 31.8 Å². The smallest absolute Gasteiger partial charge is 0.186 e. The lowest BCUT2D eigenvalue weighted by molar-refractivity contribution is 0.112. The zero-order chi connectivity index (χ0) is 18.2. The number of nitriles is 1. The van der Waals surface area contributed by atoms with E-state index >= 15 is 0 Å². The molecule has 0 aliphatic carbocycles. The van der Waals surface area contributed by atoms with Crippen LogP contribution < -0.4 is 0 Å². The Morgan fingerprint density at radius 3 is 2.00 bits per heavy atom. The maximum Gasteiger partial charge on any atom is 0.186 e. The molecule has 0 bridgehead atoms. The summed E-state index contributed by atoms with van der Waals surface area (Å²) in [5.74, 6) is 0. The van der Waals surface area contributed by atoms with Crippen molar-refractivity contribution in [2.24, 2.45) is 0 Å². The molecule has 3 nitrogen and oxygen atoms in total. The number of rotatable bonds is 4. The average molecular weight is 380 g/mol. The minimum Gasteiger partial charge on any atom is -0.399 e. The van der Waals surface area contributed by atoms with Gasteiger partial charge >= 0.3 is 0 Å². The molecule has 2 aromatic rings. The second kappa shape index (κ2) is 9.60. The molecule has 0 saturated carbocycles. The predicted molar refractivity (Wildman–Crippen MR) is 101 cm³/mol. The summed E-state index contributed by atoms with van der Waals surface area (Å²) in [5, 5.41) is 10.1. The first kappa shape index (κ1) is 20.4. The van der Waals surface area contributed by atoms with Gasteiger partial charge in [-0.1, -0.05) is 59.6 Å². The number of carbonyl (C=O) groups is 1. The number of halogens is 2. The Morgan fingerprint density at radius 1 is 1.04 bits per heavy atom. The van der Waals surface area contributed by atoms with E-state index in [0.717, 1.165) is 11.8 Å². The Labute approximate surface area is 153 Å². The minimum absolute atomic E-state index is 0.507. The fourth-order valence-corrected chi connectivity index (χ4v) is 3.07. The Kier molecular flexibility index (Phi) is 8.16. The van der Waals surface area contributed by atoms with Crippen LogP contribution in [-0.2, 0) is 4.43 Å². The Hall–Kier alpha value is -1.64. The van der Waals surface area contributed by atoms with Crippen molar-refractivity contribution in [1.82, 2.24) is 0 Å². The van der Waals surface area contributed by atoms with Crippen LogP contribution in [0, 0.1) is 11.3 Å². The van der Waals surface area contributed by atoms with Crippen LogP contribution in [0.25, 0.3) is 0 Å². The van der Waals surface area contributed by atoms with Gasteiger partial charge in [-0.3, -0.25) is 4.79 Å². The summed E-state index contributed by atoms with van der Waals surface area (Å²) in [6.45, 7) is 6.15. The highest BCUT2D eigenvalue weighted by atomic mass is 35.5. The number of aldehydes is 1. The highest BCUT2D eigenvalue weighted by Crippen LogP contribution is 2.27. The molecule has 0 aliphatic heterocycles. The fraction of sp³-hybridized carbons (Fsp3) is 0.222. The Balaban J connectivity index is 0.000000272. The third-order valence-electron chi connectivity index (χ3n) is 2.81. The summed E-state index contributed by atoms with van der Waals surface area (Å²) in [4.78, 5) is 10.1. The third-order valence-corrected chi connectivity index (χ3v) is 4.44. The largest absolute Gasteiger partial charge is 0.399 e. The summed E-state index contributed by atoms with van der Waals surface area (Å²) in [6, 6.07) is 16.4. The van der Waals surface area contributed by atoms with E-state index in [2.05, 4.69) is 6.07 Å². The van der Waals surface area contributed by atoms with Crippen LogP contribution in [0.2, 0.25) is 29.7 Å². The summed E-state index contributed by atoms with van der Waals surface area (Å²) >= 11 is 11.6. The van der Waals surface area contributed by atoms with Gasteiger partial charge in [-0.15, -0.1) is 0 Å². The monoisotopic (exact) mass is 379 g/mol. The average Bonchev–Trinajstić information content (AvgIpc) is 2.53. The van der Waals surface area contributed by atoms with Gasteiger partial charge in [0.1, 0.15) is 0 Å². The highest BCUT2D eigenvalue weighted by molar-refractivity contribution is 6.69. The van der Waals surface area contributed by atoms with E-state index in [9.17, 15) is 4.79 Å². The van der Waals surface area contributed by atoms with Crippen molar-refractivity contribution in [3.05, 3.63) is 69.7 Å². The molecule has 0 spiro atoms. The normalized spacial score (nSPS) is 11.7. The lowest BCUT2D eigenvalue weighted by Crippen LogP contribution is -2.27. The van der Waals surface area contributed by atoms with Gasteiger partial charge in [0.15, 0.2) is 20.7 Å². The SMILES string of the molecule is C[Si](C)(C)OC(C#N)c1ccccc1Cl.O=Cc1ccccc1Cl. The van der Waals surface area contributed by atoms with Crippen molar-refractivity contribution < 1.29 is 9.22 Å². The maximum atomic E-state index is 10.1. The van der Waals surface area contributed by atoms with Gasteiger partial charge in [0.05, 0.1) is 11.1 Å². The summed E-state index contributed by atoms with van der Waals surface area (Å²) in [7, 11) is -1.73. The van der Waals surface area contributed by atoms with Gasteiger partial charge in [-0.2, -0.15) is 5.26 Å². The number of carbonyl (C=O) groups excluding carboxylic acids is 1. The number of benzene rings is 2. The van der Waals surface area contributed by atoms with Gasteiger partial charge in [-0.25, -0.2) is 0 Å². The van der Waals surface area contributed by atoms with Gasteiger partial charge in [0, 0.05) is 16.1 Å². The number of nitrogens with zero attached hydrogens (tertiary/aromatic N) is 1. The quantitative estimate of drug-likeness (QED) is 0.489. The molecular weight excluding hydrogens is 361 g/mol. The maximum absolute atomic E-state index is 10.1. The second-order valence-electron chi connectivity index (χ2n) is 5.90. The van der Waals surface area contributed by atoms with Crippen LogP contribution in [0.4, 0.5) is 0 Å². The Morgan fingerprint density at radius 2 is 1.58 bits per heavy atom. The zero-order valence-corrected chi connectivity index (χ0v) is 16.3. The topological polar surface area (TPSA) is 50.1 Å². The van der Waals surface area contributed by atoms with Gasteiger partial charge in [0.25, 0.3) is 0 Å². The molecule has 126 valence electrons. The molecule has 0 heterocycles. The van der Waals surface area contributed by atoms with E-state index in [4.69, 9.17) is 32.9 Å². The number of hydrogen-bond acceptors (Lipinski definition) is 3. The molecule has 24 heavy (non-hydrogen) atoms. The molecule has 0 N–H and O–H groups in total. The van der Waals surface area contributed by atoms with Crippen molar-refractivity contribution in [1.29, 1.82) is 5.26 Å². The van der Waals surface area contributed by atoms with Gasteiger partial charge in [0.2, 0.25) is 0 Å². The Bertz CT molecular complexity index is 723. The highest BCUT2D eigenvalue weighted by Gasteiger charge is 2.23. The van der Waals surface area contributed by atoms with E-state index in [0.29, 0.717) is 15.6 Å². The molecule has 1 unspecified atom stereocenters. The van der Waals surface area contributed by atoms with Crippen LogP contribution in [0.3, 0.4) is 0 Å². The van der Waals surface area contributed by atoms with Crippen molar-refractivity contribution >= 4 is 37.8 Å². The number of hydrogen-bond donors (Lipinski definition) is 0. The molecule has 1 atom stereocenters. The van der Waals surface area contributed by atoms with E-state index < -0.39 is 14.4 Å². The molecule has 0 saturated heterocycles. The predicted octanol–water partition coefficient (Wildman–Crippen LogP) is 5.91. The van der Waals surface area contributed by atoms with E-state index in [1.165, 1.54) is 0 Å². The minimum atomic E-state index is -1.73. The van der Waals surface area contributed by atoms with Crippen LogP contribution in [-0.4, -0.2) is 14.6 Å². The first-order valence-electron chi connectivity index (χ1n) is 7.30. The fourth-order valence-electron chi connectivity index (χ4n) is 1.77. The molecule has 2 rings (SSSR count). The van der Waals surface area contributed by atoms with Crippen LogP contribution in [0.15, 0.2) is 48.5 Å². The molecule has 0 amide bonds. The zero-order valence-electron chi connectivity index (χ0n) is 13.8. The molecule has 6 heteroatoms. The van der Waals surface area contributed by atoms with Crippen LogP contribution in [0.5, 0.6) is 0 Å². The van der Waals surface area contributed by atoms with Crippen molar-refractivity contribution in [3.63, 3.8) is 0 Å². The molecule has 0 radical (unpaired) electrons. The lowest BCUT2D eigenvalue weighted by atomic mass is 10.1. The third kappa shape index (κ3) is 6.86. The second-order valence-corrected chi connectivity index (χ2v) is 11.2. The standard InChI is InChI=1S/C11H14ClNOSi.C7H5ClO/c1-15(2,3)14-11(8-13)9-6-4-5-7-10(9)12;8-7-4-2-1-3-6(7)5-9/h4-7,11H,1-3H3;1-5H. The first-order valence-corrected chi connectivity index (χ1v) is 11.5.